The monoisotopic (exact) mass is 233 g/mol. The number of aliphatic hydroxyl groups excluding tert-OH is 1. The quantitative estimate of drug-likeness (QED) is 0.689. The first-order valence-corrected chi connectivity index (χ1v) is 8.60. The summed E-state index contributed by atoms with van der Waals surface area (Å²) in [7, 11) is -1.61. The van der Waals surface area contributed by atoms with Crippen molar-refractivity contribution < 1.29 is 9.53 Å². The van der Waals surface area contributed by atoms with Crippen LogP contribution in [0.4, 0.5) is 0 Å². The molecule has 0 saturated heterocycles. The van der Waals surface area contributed by atoms with Gasteiger partial charge in [0, 0.05) is 19.2 Å². The van der Waals surface area contributed by atoms with Crippen LogP contribution in [0, 0.1) is 0 Å². The highest BCUT2D eigenvalue weighted by molar-refractivity contribution is 6.74. The third kappa shape index (κ3) is 5.66. The van der Waals surface area contributed by atoms with Gasteiger partial charge >= 0.3 is 0 Å². The molecule has 0 aliphatic carbocycles. The van der Waals surface area contributed by atoms with Crippen LogP contribution in [0.3, 0.4) is 0 Å². The highest BCUT2D eigenvalue weighted by atomic mass is 28.4. The Kier molecular flexibility index (Phi) is 6.03. The molecule has 0 aliphatic rings. The van der Waals surface area contributed by atoms with Gasteiger partial charge in [0.25, 0.3) is 0 Å². The van der Waals surface area contributed by atoms with E-state index in [1.165, 1.54) is 0 Å². The SMILES string of the molecule is CC(CO[Si](C)(C)C(C)(C)C)NCCO. The van der Waals surface area contributed by atoms with Crippen molar-refractivity contribution in [1.29, 1.82) is 0 Å². The zero-order valence-electron chi connectivity index (χ0n) is 11.1. The minimum atomic E-state index is -1.61. The molecule has 0 aromatic heterocycles. The molecule has 0 aromatic rings. The molecule has 0 spiro atoms. The van der Waals surface area contributed by atoms with Crippen molar-refractivity contribution >= 4 is 8.32 Å². The van der Waals surface area contributed by atoms with Gasteiger partial charge in [0.15, 0.2) is 8.32 Å². The van der Waals surface area contributed by atoms with Crippen LogP contribution in [0.25, 0.3) is 0 Å². The van der Waals surface area contributed by atoms with Crippen LogP contribution < -0.4 is 5.32 Å². The predicted molar refractivity (Wildman–Crippen MR) is 67.7 cm³/mol. The maximum atomic E-state index is 8.68. The van der Waals surface area contributed by atoms with Crippen molar-refractivity contribution in [2.24, 2.45) is 0 Å². The van der Waals surface area contributed by atoms with Crippen LogP contribution in [-0.4, -0.2) is 39.2 Å². The van der Waals surface area contributed by atoms with E-state index < -0.39 is 8.32 Å². The topological polar surface area (TPSA) is 41.5 Å². The summed E-state index contributed by atoms with van der Waals surface area (Å²) in [6.07, 6.45) is 0. The number of hydrogen-bond donors (Lipinski definition) is 2. The fourth-order valence-electron chi connectivity index (χ4n) is 0.920. The van der Waals surface area contributed by atoms with Gasteiger partial charge in [-0.15, -0.1) is 0 Å². The number of rotatable bonds is 6. The molecule has 3 nitrogen and oxygen atoms in total. The zero-order chi connectivity index (χ0) is 12.1. The highest BCUT2D eigenvalue weighted by Crippen LogP contribution is 2.36. The van der Waals surface area contributed by atoms with Crippen molar-refractivity contribution in [1.82, 2.24) is 5.32 Å². The fraction of sp³-hybridized carbons (Fsp3) is 1.00. The Labute approximate surface area is 95.4 Å². The smallest absolute Gasteiger partial charge is 0.192 e. The summed E-state index contributed by atoms with van der Waals surface area (Å²) in [6.45, 7) is 14.9. The van der Waals surface area contributed by atoms with Gasteiger partial charge in [-0.2, -0.15) is 0 Å². The summed E-state index contributed by atoms with van der Waals surface area (Å²) in [6, 6.07) is 0.311. The average Bonchev–Trinajstić information content (AvgIpc) is 2.09. The van der Waals surface area contributed by atoms with Crippen molar-refractivity contribution in [2.45, 2.75) is 51.9 Å². The van der Waals surface area contributed by atoms with E-state index in [9.17, 15) is 0 Å². The summed E-state index contributed by atoms with van der Waals surface area (Å²) in [5.41, 5.74) is 0. The lowest BCUT2D eigenvalue weighted by Crippen LogP contribution is -2.44. The van der Waals surface area contributed by atoms with Gasteiger partial charge in [0.05, 0.1) is 6.61 Å². The first-order valence-electron chi connectivity index (χ1n) is 5.69. The summed E-state index contributed by atoms with van der Waals surface area (Å²) in [4.78, 5) is 0. The summed E-state index contributed by atoms with van der Waals surface area (Å²) < 4.78 is 6.05. The number of hydrogen-bond acceptors (Lipinski definition) is 3. The van der Waals surface area contributed by atoms with Gasteiger partial charge in [-0.3, -0.25) is 0 Å². The second-order valence-electron chi connectivity index (χ2n) is 5.65. The Morgan fingerprint density at radius 3 is 2.27 bits per heavy atom. The van der Waals surface area contributed by atoms with Crippen LogP contribution in [0.5, 0.6) is 0 Å². The summed E-state index contributed by atoms with van der Waals surface area (Å²) in [5.74, 6) is 0. The molecule has 0 fully saturated rings. The van der Waals surface area contributed by atoms with E-state index >= 15 is 0 Å². The van der Waals surface area contributed by atoms with E-state index in [-0.39, 0.29) is 11.6 Å². The molecule has 92 valence electrons. The Hall–Kier alpha value is 0.0969. The fourth-order valence-corrected chi connectivity index (χ4v) is 2.02. The van der Waals surface area contributed by atoms with E-state index in [0.29, 0.717) is 12.6 Å². The molecular weight excluding hydrogens is 206 g/mol. The second-order valence-corrected chi connectivity index (χ2v) is 10.5. The van der Waals surface area contributed by atoms with Gasteiger partial charge in [-0.1, -0.05) is 20.8 Å². The molecule has 0 amide bonds. The second kappa shape index (κ2) is 5.99. The maximum Gasteiger partial charge on any atom is 0.192 e. The normalized spacial score (nSPS) is 15.4. The third-order valence-electron chi connectivity index (χ3n) is 3.10. The molecule has 4 heteroatoms. The molecule has 0 heterocycles. The molecule has 1 unspecified atom stereocenters. The third-order valence-corrected chi connectivity index (χ3v) is 7.61. The molecule has 0 aliphatic heterocycles. The van der Waals surface area contributed by atoms with Gasteiger partial charge in [0.1, 0.15) is 0 Å². The number of aliphatic hydroxyl groups is 1. The zero-order valence-corrected chi connectivity index (χ0v) is 12.1. The van der Waals surface area contributed by atoms with E-state index in [4.69, 9.17) is 9.53 Å². The van der Waals surface area contributed by atoms with E-state index in [2.05, 4.69) is 46.1 Å². The minimum absolute atomic E-state index is 0.185. The Morgan fingerprint density at radius 2 is 1.87 bits per heavy atom. The van der Waals surface area contributed by atoms with Crippen LogP contribution in [-0.2, 0) is 4.43 Å². The highest BCUT2D eigenvalue weighted by Gasteiger charge is 2.37. The van der Waals surface area contributed by atoms with Crippen molar-refractivity contribution in [2.75, 3.05) is 19.8 Å². The molecule has 0 aromatic carbocycles. The van der Waals surface area contributed by atoms with Crippen LogP contribution in [0.2, 0.25) is 18.1 Å². The van der Waals surface area contributed by atoms with Gasteiger partial charge in [0.2, 0.25) is 0 Å². The lowest BCUT2D eigenvalue weighted by atomic mass is 10.2. The number of nitrogens with one attached hydrogen (secondary N) is 1. The van der Waals surface area contributed by atoms with Crippen LogP contribution >= 0.6 is 0 Å². The van der Waals surface area contributed by atoms with Crippen molar-refractivity contribution in [3.8, 4) is 0 Å². The van der Waals surface area contributed by atoms with Gasteiger partial charge in [-0.05, 0) is 25.1 Å². The lowest BCUT2D eigenvalue weighted by Gasteiger charge is -2.37. The molecule has 0 bridgehead atoms. The largest absolute Gasteiger partial charge is 0.415 e. The molecular formula is C11H27NO2Si. The standard InChI is InChI=1S/C11H27NO2Si/c1-10(12-7-8-13)9-14-15(5,6)11(2,3)4/h10,12-13H,7-9H2,1-6H3. The molecule has 2 N–H and O–H groups in total. The minimum Gasteiger partial charge on any atom is -0.415 e. The average molecular weight is 233 g/mol. The van der Waals surface area contributed by atoms with E-state index in [0.717, 1.165) is 6.61 Å². The van der Waals surface area contributed by atoms with E-state index in [1.807, 2.05) is 0 Å². The lowest BCUT2D eigenvalue weighted by molar-refractivity contribution is 0.234. The predicted octanol–water partition coefficient (Wildman–Crippen LogP) is 1.98. The van der Waals surface area contributed by atoms with Crippen molar-refractivity contribution in [3.05, 3.63) is 0 Å². The summed E-state index contributed by atoms with van der Waals surface area (Å²) >= 11 is 0. The molecule has 0 rings (SSSR count). The van der Waals surface area contributed by atoms with E-state index in [1.54, 1.807) is 0 Å². The van der Waals surface area contributed by atoms with Crippen molar-refractivity contribution in [3.63, 3.8) is 0 Å². The summed E-state index contributed by atoms with van der Waals surface area (Å²) in [5, 5.41) is 12.1. The van der Waals surface area contributed by atoms with Gasteiger partial charge < -0.3 is 14.8 Å². The van der Waals surface area contributed by atoms with Crippen LogP contribution in [0.15, 0.2) is 0 Å². The molecule has 0 radical (unpaired) electrons. The molecule has 15 heavy (non-hydrogen) atoms. The maximum absolute atomic E-state index is 8.68. The Morgan fingerprint density at radius 1 is 1.33 bits per heavy atom. The Balaban J connectivity index is 3.93. The first-order chi connectivity index (χ1) is 6.70. The molecule has 0 saturated carbocycles. The molecule has 1 atom stereocenters. The Bertz CT molecular complexity index is 178. The first kappa shape index (κ1) is 15.1. The van der Waals surface area contributed by atoms with Crippen LogP contribution in [0.1, 0.15) is 27.7 Å². The van der Waals surface area contributed by atoms with Gasteiger partial charge in [-0.25, -0.2) is 0 Å².